The van der Waals surface area contributed by atoms with Crippen molar-refractivity contribution in [3.05, 3.63) is 23.8 Å². The van der Waals surface area contributed by atoms with E-state index in [-0.39, 0.29) is 0 Å². The molecule has 0 aromatic heterocycles. The van der Waals surface area contributed by atoms with Gasteiger partial charge in [0, 0.05) is 24.0 Å². The fourth-order valence-electron chi connectivity index (χ4n) is 2.68. The third-order valence-corrected chi connectivity index (χ3v) is 3.64. The summed E-state index contributed by atoms with van der Waals surface area (Å²) in [5.74, 6) is 0. The molecule has 0 amide bonds. The second-order valence-electron chi connectivity index (χ2n) is 4.80. The van der Waals surface area contributed by atoms with Gasteiger partial charge in [0.05, 0.1) is 0 Å². The monoisotopic (exact) mass is 218 g/mol. The van der Waals surface area contributed by atoms with Crippen molar-refractivity contribution in [3.8, 4) is 0 Å². The standard InChI is InChI=1S/C14H22N2/c1-3-13-6-4-5-9-16(13)14-10-12(15)8-7-11(14)2/h7-8,10,13H,3-6,9,15H2,1-2H3. The van der Waals surface area contributed by atoms with E-state index in [0.717, 1.165) is 5.69 Å². The lowest BCUT2D eigenvalue weighted by molar-refractivity contribution is 0.449. The van der Waals surface area contributed by atoms with Crippen LogP contribution in [0.25, 0.3) is 0 Å². The zero-order valence-corrected chi connectivity index (χ0v) is 10.4. The average molecular weight is 218 g/mol. The summed E-state index contributed by atoms with van der Waals surface area (Å²) < 4.78 is 0. The highest BCUT2D eigenvalue weighted by atomic mass is 15.2. The Hall–Kier alpha value is -1.18. The van der Waals surface area contributed by atoms with Crippen LogP contribution < -0.4 is 10.6 Å². The van der Waals surface area contributed by atoms with Gasteiger partial charge in [-0.25, -0.2) is 0 Å². The summed E-state index contributed by atoms with van der Waals surface area (Å²) in [4.78, 5) is 2.55. The molecule has 0 bridgehead atoms. The van der Waals surface area contributed by atoms with Gasteiger partial charge < -0.3 is 10.6 Å². The van der Waals surface area contributed by atoms with Crippen LogP contribution in [0.2, 0.25) is 0 Å². The number of rotatable bonds is 2. The first-order chi connectivity index (χ1) is 7.72. The second-order valence-corrected chi connectivity index (χ2v) is 4.80. The van der Waals surface area contributed by atoms with Crippen LogP contribution in [0.15, 0.2) is 18.2 Å². The fourth-order valence-corrected chi connectivity index (χ4v) is 2.68. The highest BCUT2D eigenvalue weighted by Gasteiger charge is 2.22. The van der Waals surface area contributed by atoms with Crippen LogP contribution in [-0.4, -0.2) is 12.6 Å². The maximum absolute atomic E-state index is 5.89. The normalized spacial score (nSPS) is 21.1. The molecule has 1 heterocycles. The summed E-state index contributed by atoms with van der Waals surface area (Å²) in [5.41, 5.74) is 9.45. The number of hydrogen-bond acceptors (Lipinski definition) is 2. The lowest BCUT2D eigenvalue weighted by Crippen LogP contribution is -2.39. The smallest absolute Gasteiger partial charge is 0.0419 e. The summed E-state index contributed by atoms with van der Waals surface area (Å²) in [6.07, 6.45) is 5.24. The van der Waals surface area contributed by atoms with E-state index < -0.39 is 0 Å². The summed E-state index contributed by atoms with van der Waals surface area (Å²) in [6.45, 7) is 5.64. The van der Waals surface area contributed by atoms with Crippen molar-refractivity contribution in [2.24, 2.45) is 0 Å². The Morgan fingerprint density at radius 1 is 1.38 bits per heavy atom. The summed E-state index contributed by atoms with van der Waals surface area (Å²) in [7, 11) is 0. The van der Waals surface area contributed by atoms with Gasteiger partial charge in [0.25, 0.3) is 0 Å². The van der Waals surface area contributed by atoms with Crippen molar-refractivity contribution in [3.63, 3.8) is 0 Å². The quantitative estimate of drug-likeness (QED) is 0.771. The highest BCUT2D eigenvalue weighted by molar-refractivity contribution is 5.61. The average Bonchev–Trinajstić information content (AvgIpc) is 2.32. The van der Waals surface area contributed by atoms with Gasteiger partial charge >= 0.3 is 0 Å². The van der Waals surface area contributed by atoms with E-state index in [9.17, 15) is 0 Å². The van der Waals surface area contributed by atoms with Crippen LogP contribution in [0.1, 0.15) is 38.2 Å². The number of benzene rings is 1. The summed E-state index contributed by atoms with van der Waals surface area (Å²) in [5, 5.41) is 0. The van der Waals surface area contributed by atoms with Gasteiger partial charge in [-0.05, 0) is 50.3 Å². The van der Waals surface area contributed by atoms with E-state index in [2.05, 4.69) is 30.9 Å². The lowest BCUT2D eigenvalue weighted by atomic mass is 9.98. The van der Waals surface area contributed by atoms with Gasteiger partial charge in [0.1, 0.15) is 0 Å². The molecule has 88 valence electrons. The Morgan fingerprint density at radius 3 is 2.94 bits per heavy atom. The molecule has 2 nitrogen and oxygen atoms in total. The van der Waals surface area contributed by atoms with Gasteiger partial charge in [-0.15, -0.1) is 0 Å². The van der Waals surface area contributed by atoms with Gasteiger partial charge in [-0.1, -0.05) is 13.0 Å². The van der Waals surface area contributed by atoms with Crippen molar-refractivity contribution in [2.45, 2.75) is 45.6 Å². The van der Waals surface area contributed by atoms with Crippen LogP contribution in [0.3, 0.4) is 0 Å². The predicted octanol–water partition coefficient (Wildman–Crippen LogP) is 3.35. The first-order valence-corrected chi connectivity index (χ1v) is 6.35. The highest BCUT2D eigenvalue weighted by Crippen LogP contribution is 2.30. The number of piperidine rings is 1. The number of nitrogens with two attached hydrogens (primary N) is 1. The first-order valence-electron chi connectivity index (χ1n) is 6.35. The fraction of sp³-hybridized carbons (Fsp3) is 0.571. The summed E-state index contributed by atoms with van der Waals surface area (Å²) >= 11 is 0. The van der Waals surface area contributed by atoms with Crippen molar-refractivity contribution in [2.75, 3.05) is 17.2 Å². The van der Waals surface area contributed by atoms with Crippen molar-refractivity contribution in [1.82, 2.24) is 0 Å². The van der Waals surface area contributed by atoms with E-state index in [0.29, 0.717) is 6.04 Å². The molecule has 0 saturated carbocycles. The Morgan fingerprint density at radius 2 is 2.19 bits per heavy atom. The zero-order chi connectivity index (χ0) is 11.5. The molecular formula is C14H22N2. The molecule has 1 aromatic carbocycles. The SMILES string of the molecule is CCC1CCCCN1c1cc(N)ccc1C. The molecule has 0 radical (unpaired) electrons. The van der Waals surface area contributed by atoms with Gasteiger partial charge in [-0.3, -0.25) is 0 Å². The van der Waals surface area contributed by atoms with E-state index in [4.69, 9.17) is 5.73 Å². The Labute approximate surface area is 98.4 Å². The molecular weight excluding hydrogens is 196 g/mol. The van der Waals surface area contributed by atoms with E-state index in [1.165, 1.54) is 43.5 Å². The molecule has 1 unspecified atom stereocenters. The molecule has 1 atom stereocenters. The van der Waals surface area contributed by atoms with Crippen molar-refractivity contribution < 1.29 is 0 Å². The van der Waals surface area contributed by atoms with Crippen LogP contribution >= 0.6 is 0 Å². The maximum Gasteiger partial charge on any atom is 0.0419 e. The molecule has 1 aliphatic heterocycles. The molecule has 0 spiro atoms. The minimum absolute atomic E-state index is 0.703. The second kappa shape index (κ2) is 4.77. The van der Waals surface area contributed by atoms with Crippen LogP contribution in [0, 0.1) is 6.92 Å². The Balaban J connectivity index is 2.30. The Bertz CT molecular complexity index is 360. The molecule has 1 saturated heterocycles. The third kappa shape index (κ3) is 2.16. The van der Waals surface area contributed by atoms with Gasteiger partial charge in [0.15, 0.2) is 0 Å². The van der Waals surface area contributed by atoms with Crippen molar-refractivity contribution in [1.29, 1.82) is 0 Å². The lowest BCUT2D eigenvalue weighted by Gasteiger charge is -2.38. The number of nitrogen functional groups attached to an aromatic ring is 1. The van der Waals surface area contributed by atoms with Crippen LogP contribution in [0.4, 0.5) is 11.4 Å². The van der Waals surface area contributed by atoms with Crippen molar-refractivity contribution >= 4 is 11.4 Å². The number of hydrogen-bond donors (Lipinski definition) is 1. The van der Waals surface area contributed by atoms with Crippen LogP contribution in [-0.2, 0) is 0 Å². The molecule has 2 N–H and O–H groups in total. The molecule has 16 heavy (non-hydrogen) atoms. The topological polar surface area (TPSA) is 29.3 Å². The summed E-state index contributed by atoms with van der Waals surface area (Å²) in [6, 6.07) is 6.95. The number of anilines is 2. The van der Waals surface area contributed by atoms with Crippen LogP contribution in [0.5, 0.6) is 0 Å². The molecule has 1 fully saturated rings. The minimum atomic E-state index is 0.703. The molecule has 2 heteroatoms. The minimum Gasteiger partial charge on any atom is -0.399 e. The molecule has 2 rings (SSSR count). The first kappa shape index (κ1) is 11.3. The van der Waals surface area contributed by atoms with E-state index >= 15 is 0 Å². The van der Waals surface area contributed by atoms with E-state index in [1.807, 2.05) is 6.07 Å². The zero-order valence-electron chi connectivity index (χ0n) is 10.4. The molecule has 1 aromatic rings. The number of nitrogens with zero attached hydrogens (tertiary/aromatic N) is 1. The maximum atomic E-state index is 5.89. The number of aryl methyl sites for hydroxylation is 1. The molecule has 1 aliphatic rings. The van der Waals surface area contributed by atoms with E-state index in [1.54, 1.807) is 0 Å². The van der Waals surface area contributed by atoms with Gasteiger partial charge in [0.2, 0.25) is 0 Å². The molecule has 0 aliphatic carbocycles. The largest absolute Gasteiger partial charge is 0.399 e. The third-order valence-electron chi connectivity index (χ3n) is 3.64. The van der Waals surface area contributed by atoms with Gasteiger partial charge in [-0.2, -0.15) is 0 Å². The predicted molar refractivity (Wildman–Crippen MR) is 70.9 cm³/mol. The Kier molecular flexibility index (Phi) is 3.37.